The number of carbonyl (C=O) groups is 1. The van der Waals surface area contributed by atoms with E-state index in [4.69, 9.17) is 4.74 Å². The fourth-order valence-corrected chi connectivity index (χ4v) is 2.13. The monoisotopic (exact) mass is 219 g/mol. The summed E-state index contributed by atoms with van der Waals surface area (Å²) in [6, 6.07) is 7.99. The van der Waals surface area contributed by atoms with E-state index in [-0.39, 0.29) is 5.92 Å². The van der Waals surface area contributed by atoms with Crippen LogP contribution in [-0.4, -0.2) is 26.0 Å². The van der Waals surface area contributed by atoms with Crippen molar-refractivity contribution in [2.75, 3.05) is 25.1 Å². The normalized spacial score (nSPS) is 19.9. The first kappa shape index (κ1) is 11.0. The number of benzene rings is 1. The molecule has 0 aliphatic carbocycles. The molecule has 1 aromatic rings. The molecule has 3 nitrogen and oxygen atoms in total. The average molecular weight is 219 g/mol. The largest absolute Gasteiger partial charge is 0.497 e. The first-order chi connectivity index (χ1) is 7.70. The highest BCUT2D eigenvalue weighted by molar-refractivity contribution is 5.79. The van der Waals surface area contributed by atoms with E-state index in [1.165, 1.54) is 0 Å². The van der Waals surface area contributed by atoms with Crippen LogP contribution >= 0.6 is 0 Å². The number of anilines is 1. The third-order valence-electron chi connectivity index (χ3n) is 3.18. The van der Waals surface area contributed by atoms with Gasteiger partial charge in [-0.1, -0.05) is 6.07 Å². The molecule has 0 amide bonds. The minimum Gasteiger partial charge on any atom is -0.497 e. The van der Waals surface area contributed by atoms with Gasteiger partial charge in [0.15, 0.2) is 0 Å². The SMILES string of the molecule is COc1cccc(N2CCC(C(C)=O)C2)c1. The van der Waals surface area contributed by atoms with Gasteiger partial charge in [0, 0.05) is 30.8 Å². The summed E-state index contributed by atoms with van der Waals surface area (Å²) >= 11 is 0. The highest BCUT2D eigenvalue weighted by Crippen LogP contribution is 2.26. The van der Waals surface area contributed by atoms with Crippen LogP contribution in [-0.2, 0) is 4.79 Å². The van der Waals surface area contributed by atoms with Gasteiger partial charge in [-0.25, -0.2) is 0 Å². The standard InChI is InChI=1S/C13H17NO2/c1-10(15)11-6-7-14(9-11)12-4-3-5-13(8-12)16-2/h3-5,8,11H,6-7,9H2,1-2H3. The molecule has 16 heavy (non-hydrogen) atoms. The average Bonchev–Trinajstić information content (AvgIpc) is 2.78. The molecule has 3 heteroatoms. The lowest BCUT2D eigenvalue weighted by Gasteiger charge is -2.18. The minimum absolute atomic E-state index is 0.200. The maximum atomic E-state index is 11.3. The van der Waals surface area contributed by atoms with Crippen molar-refractivity contribution in [2.24, 2.45) is 5.92 Å². The summed E-state index contributed by atoms with van der Waals surface area (Å²) in [6.45, 7) is 3.47. The van der Waals surface area contributed by atoms with E-state index in [1.54, 1.807) is 14.0 Å². The van der Waals surface area contributed by atoms with Crippen molar-refractivity contribution in [3.05, 3.63) is 24.3 Å². The highest BCUT2D eigenvalue weighted by atomic mass is 16.5. The third kappa shape index (κ3) is 2.18. The number of rotatable bonds is 3. The molecule has 1 aliphatic heterocycles. The van der Waals surface area contributed by atoms with E-state index in [2.05, 4.69) is 11.0 Å². The molecule has 0 bridgehead atoms. The Balaban J connectivity index is 2.11. The molecule has 0 N–H and O–H groups in total. The molecule has 2 rings (SSSR count). The lowest BCUT2D eigenvalue weighted by atomic mass is 10.1. The second kappa shape index (κ2) is 4.56. The van der Waals surface area contributed by atoms with E-state index < -0.39 is 0 Å². The van der Waals surface area contributed by atoms with Gasteiger partial charge in [0.25, 0.3) is 0 Å². The highest BCUT2D eigenvalue weighted by Gasteiger charge is 2.25. The van der Waals surface area contributed by atoms with Crippen LogP contribution in [0.2, 0.25) is 0 Å². The molecule has 1 atom stereocenters. The lowest BCUT2D eigenvalue weighted by molar-refractivity contribution is -0.120. The first-order valence-corrected chi connectivity index (χ1v) is 5.60. The zero-order valence-corrected chi connectivity index (χ0v) is 9.77. The molecule has 0 spiro atoms. The number of hydrogen-bond donors (Lipinski definition) is 0. The van der Waals surface area contributed by atoms with Gasteiger partial charge in [-0.3, -0.25) is 4.79 Å². The molecule has 1 unspecified atom stereocenters. The van der Waals surface area contributed by atoms with E-state index in [9.17, 15) is 4.79 Å². The Morgan fingerprint density at radius 2 is 2.31 bits per heavy atom. The Kier molecular flexibility index (Phi) is 3.13. The van der Waals surface area contributed by atoms with Crippen molar-refractivity contribution in [2.45, 2.75) is 13.3 Å². The van der Waals surface area contributed by atoms with E-state index in [0.29, 0.717) is 5.78 Å². The van der Waals surface area contributed by atoms with Crippen LogP contribution in [0.25, 0.3) is 0 Å². The Labute approximate surface area is 96.0 Å². The molecule has 0 radical (unpaired) electrons. The van der Waals surface area contributed by atoms with Crippen LogP contribution in [0, 0.1) is 5.92 Å². The van der Waals surface area contributed by atoms with Gasteiger partial charge in [-0.15, -0.1) is 0 Å². The number of Topliss-reactive ketones (excluding diaryl/α,β-unsaturated/α-hetero) is 1. The molecular weight excluding hydrogens is 202 g/mol. The molecule has 1 saturated heterocycles. The van der Waals surface area contributed by atoms with E-state index in [0.717, 1.165) is 30.9 Å². The van der Waals surface area contributed by atoms with Gasteiger partial charge in [-0.2, -0.15) is 0 Å². The molecule has 0 aromatic heterocycles. The number of ketones is 1. The summed E-state index contributed by atoms with van der Waals surface area (Å²) < 4.78 is 5.20. The number of hydrogen-bond acceptors (Lipinski definition) is 3. The molecular formula is C13H17NO2. The molecule has 0 saturated carbocycles. The summed E-state index contributed by atoms with van der Waals surface area (Å²) in [5.41, 5.74) is 1.14. The van der Waals surface area contributed by atoms with Crippen LogP contribution in [0.3, 0.4) is 0 Å². The Hall–Kier alpha value is -1.51. The zero-order valence-electron chi connectivity index (χ0n) is 9.77. The minimum atomic E-state index is 0.200. The van der Waals surface area contributed by atoms with Crippen molar-refractivity contribution < 1.29 is 9.53 Å². The predicted octanol–water partition coefficient (Wildman–Crippen LogP) is 2.11. The summed E-state index contributed by atoms with van der Waals surface area (Å²) in [5, 5.41) is 0. The van der Waals surface area contributed by atoms with Gasteiger partial charge < -0.3 is 9.64 Å². The molecule has 86 valence electrons. The Morgan fingerprint density at radius 3 is 2.94 bits per heavy atom. The maximum Gasteiger partial charge on any atom is 0.134 e. The van der Waals surface area contributed by atoms with Crippen LogP contribution in [0.4, 0.5) is 5.69 Å². The van der Waals surface area contributed by atoms with E-state index >= 15 is 0 Å². The van der Waals surface area contributed by atoms with Gasteiger partial charge in [0.1, 0.15) is 11.5 Å². The summed E-state index contributed by atoms with van der Waals surface area (Å²) in [7, 11) is 1.67. The van der Waals surface area contributed by atoms with Crippen molar-refractivity contribution in [1.29, 1.82) is 0 Å². The number of methoxy groups -OCH3 is 1. The zero-order chi connectivity index (χ0) is 11.5. The predicted molar refractivity (Wildman–Crippen MR) is 64.0 cm³/mol. The van der Waals surface area contributed by atoms with Gasteiger partial charge in [-0.05, 0) is 25.5 Å². The van der Waals surface area contributed by atoms with Crippen LogP contribution < -0.4 is 9.64 Å². The number of nitrogens with zero attached hydrogens (tertiary/aromatic N) is 1. The molecule has 1 heterocycles. The van der Waals surface area contributed by atoms with Gasteiger partial charge in [0.2, 0.25) is 0 Å². The molecule has 1 aliphatic rings. The molecule has 1 aromatic carbocycles. The van der Waals surface area contributed by atoms with Gasteiger partial charge in [0.05, 0.1) is 7.11 Å². The summed E-state index contributed by atoms with van der Waals surface area (Å²) in [6.07, 6.45) is 0.965. The number of carbonyl (C=O) groups excluding carboxylic acids is 1. The fourth-order valence-electron chi connectivity index (χ4n) is 2.13. The van der Waals surface area contributed by atoms with Crippen molar-refractivity contribution in [3.8, 4) is 5.75 Å². The summed E-state index contributed by atoms with van der Waals surface area (Å²) in [5.74, 6) is 1.36. The van der Waals surface area contributed by atoms with Crippen molar-refractivity contribution in [3.63, 3.8) is 0 Å². The Morgan fingerprint density at radius 1 is 1.50 bits per heavy atom. The smallest absolute Gasteiger partial charge is 0.134 e. The Bertz CT molecular complexity index is 389. The van der Waals surface area contributed by atoms with E-state index in [1.807, 2.05) is 18.2 Å². The second-order valence-electron chi connectivity index (χ2n) is 4.24. The first-order valence-electron chi connectivity index (χ1n) is 5.60. The van der Waals surface area contributed by atoms with Crippen molar-refractivity contribution in [1.82, 2.24) is 0 Å². The third-order valence-corrected chi connectivity index (χ3v) is 3.18. The molecule has 1 fully saturated rings. The fraction of sp³-hybridized carbons (Fsp3) is 0.462. The number of ether oxygens (including phenoxy) is 1. The quantitative estimate of drug-likeness (QED) is 0.779. The van der Waals surface area contributed by atoms with Crippen LogP contribution in [0.1, 0.15) is 13.3 Å². The summed E-state index contributed by atoms with van der Waals surface area (Å²) in [4.78, 5) is 13.5. The van der Waals surface area contributed by atoms with Crippen LogP contribution in [0.5, 0.6) is 5.75 Å². The second-order valence-corrected chi connectivity index (χ2v) is 4.24. The topological polar surface area (TPSA) is 29.5 Å². The lowest BCUT2D eigenvalue weighted by Crippen LogP contribution is -2.21. The maximum absolute atomic E-state index is 11.3. The van der Waals surface area contributed by atoms with Gasteiger partial charge >= 0.3 is 0 Å². The van der Waals surface area contributed by atoms with Crippen molar-refractivity contribution >= 4 is 11.5 Å². The van der Waals surface area contributed by atoms with Crippen LogP contribution in [0.15, 0.2) is 24.3 Å².